The molecular weight excluding hydrogens is 162 g/mol. The molecular formula is C11H21NO. The van der Waals surface area contributed by atoms with E-state index in [1.54, 1.807) is 0 Å². The van der Waals surface area contributed by atoms with Crippen molar-refractivity contribution >= 4 is 0 Å². The van der Waals surface area contributed by atoms with Crippen LogP contribution in [-0.4, -0.2) is 35.7 Å². The molecule has 76 valence electrons. The van der Waals surface area contributed by atoms with Crippen LogP contribution in [0.1, 0.15) is 39.0 Å². The molecule has 2 rings (SSSR count). The Bertz CT molecular complexity index is 167. The molecule has 1 unspecified atom stereocenters. The van der Waals surface area contributed by atoms with Gasteiger partial charge in [-0.25, -0.2) is 0 Å². The predicted octanol–water partition coefficient (Wildman–Crippen LogP) is 1.63. The maximum absolute atomic E-state index is 8.84. The summed E-state index contributed by atoms with van der Waals surface area (Å²) in [6.45, 7) is 5.17. The molecule has 1 atom stereocenters. The zero-order chi connectivity index (χ0) is 9.31. The monoisotopic (exact) mass is 183 g/mol. The fraction of sp³-hybridized carbons (Fsp3) is 1.00. The molecule has 1 saturated heterocycles. The van der Waals surface area contributed by atoms with Crippen molar-refractivity contribution in [2.45, 2.75) is 45.1 Å². The van der Waals surface area contributed by atoms with Crippen LogP contribution in [0.25, 0.3) is 0 Å². The summed E-state index contributed by atoms with van der Waals surface area (Å²) in [6, 6.07) is 0.594. The van der Waals surface area contributed by atoms with Crippen molar-refractivity contribution in [2.24, 2.45) is 5.41 Å². The van der Waals surface area contributed by atoms with Crippen LogP contribution < -0.4 is 0 Å². The van der Waals surface area contributed by atoms with Crippen molar-refractivity contribution in [2.75, 3.05) is 19.7 Å². The number of likely N-dealkylation sites (tertiary alicyclic amines) is 1. The Morgan fingerprint density at radius 3 is 2.46 bits per heavy atom. The van der Waals surface area contributed by atoms with E-state index in [-0.39, 0.29) is 0 Å². The largest absolute Gasteiger partial charge is 0.396 e. The highest BCUT2D eigenvalue weighted by atomic mass is 16.3. The molecule has 0 aromatic rings. The Labute approximate surface area is 80.9 Å². The Balaban J connectivity index is 1.76. The van der Waals surface area contributed by atoms with Gasteiger partial charge in [-0.2, -0.15) is 0 Å². The minimum absolute atomic E-state index is 0.338. The normalized spacial score (nSPS) is 29.1. The molecule has 1 heterocycles. The van der Waals surface area contributed by atoms with Crippen LogP contribution in [0.2, 0.25) is 0 Å². The molecule has 1 saturated carbocycles. The van der Waals surface area contributed by atoms with Crippen LogP contribution in [0.4, 0.5) is 0 Å². The molecule has 2 heteroatoms. The van der Waals surface area contributed by atoms with E-state index in [1.807, 2.05) is 0 Å². The highest BCUT2D eigenvalue weighted by Gasteiger charge is 2.45. The van der Waals surface area contributed by atoms with Crippen LogP contribution in [0.3, 0.4) is 0 Å². The van der Waals surface area contributed by atoms with E-state index in [0.29, 0.717) is 18.1 Å². The molecule has 1 aliphatic heterocycles. The lowest BCUT2D eigenvalue weighted by Gasteiger charge is -2.51. The second-order valence-electron chi connectivity index (χ2n) is 4.97. The number of hydrogen-bond acceptors (Lipinski definition) is 2. The molecule has 1 aliphatic carbocycles. The van der Waals surface area contributed by atoms with Gasteiger partial charge in [0.2, 0.25) is 0 Å². The van der Waals surface area contributed by atoms with E-state index >= 15 is 0 Å². The second kappa shape index (κ2) is 3.58. The van der Waals surface area contributed by atoms with E-state index < -0.39 is 0 Å². The van der Waals surface area contributed by atoms with Crippen LogP contribution in [-0.2, 0) is 0 Å². The van der Waals surface area contributed by atoms with E-state index in [9.17, 15) is 0 Å². The van der Waals surface area contributed by atoms with E-state index in [1.165, 1.54) is 38.8 Å². The van der Waals surface area contributed by atoms with Crippen LogP contribution in [0, 0.1) is 5.41 Å². The number of rotatable bonds is 3. The number of aliphatic hydroxyl groups is 1. The molecule has 1 N–H and O–H groups in total. The standard InChI is InChI=1S/C11H21NO/c1-10(4-7-13)12-8-11(9-12)5-2-3-6-11/h10,13H,2-9H2,1H3. The SMILES string of the molecule is CC(CCO)N1CC2(CCCC2)C1. The van der Waals surface area contributed by atoms with Gasteiger partial charge in [-0.05, 0) is 31.6 Å². The summed E-state index contributed by atoms with van der Waals surface area (Å²) in [5.41, 5.74) is 0.712. The van der Waals surface area contributed by atoms with Crippen LogP contribution in [0.5, 0.6) is 0 Å². The Kier molecular flexibility index (Phi) is 2.61. The quantitative estimate of drug-likeness (QED) is 0.719. The number of nitrogens with zero attached hydrogens (tertiary/aromatic N) is 1. The molecule has 2 fully saturated rings. The molecule has 1 spiro atoms. The third-order valence-corrected chi connectivity index (χ3v) is 3.91. The van der Waals surface area contributed by atoms with Crippen LogP contribution >= 0.6 is 0 Å². The summed E-state index contributed by atoms with van der Waals surface area (Å²) in [7, 11) is 0. The summed E-state index contributed by atoms with van der Waals surface area (Å²) in [6.07, 6.45) is 6.74. The first-order chi connectivity index (χ1) is 6.26. The molecule has 13 heavy (non-hydrogen) atoms. The van der Waals surface area contributed by atoms with Gasteiger partial charge in [0.15, 0.2) is 0 Å². The maximum Gasteiger partial charge on any atom is 0.0445 e. The van der Waals surface area contributed by atoms with E-state index in [0.717, 1.165) is 6.42 Å². The topological polar surface area (TPSA) is 23.5 Å². The average Bonchev–Trinajstić information content (AvgIpc) is 2.49. The first-order valence-corrected chi connectivity index (χ1v) is 5.61. The lowest BCUT2D eigenvalue weighted by Crippen LogP contribution is -2.58. The predicted molar refractivity (Wildman–Crippen MR) is 53.6 cm³/mol. The maximum atomic E-state index is 8.84. The molecule has 2 nitrogen and oxygen atoms in total. The van der Waals surface area contributed by atoms with Crippen molar-refractivity contribution in [3.63, 3.8) is 0 Å². The summed E-state index contributed by atoms with van der Waals surface area (Å²) in [4.78, 5) is 2.53. The number of hydrogen-bond donors (Lipinski definition) is 1. The number of aliphatic hydroxyl groups excluding tert-OH is 1. The van der Waals surface area contributed by atoms with Crippen molar-refractivity contribution in [1.82, 2.24) is 4.90 Å². The van der Waals surface area contributed by atoms with Gasteiger partial charge < -0.3 is 5.11 Å². The molecule has 0 radical (unpaired) electrons. The fourth-order valence-corrected chi connectivity index (χ4v) is 2.94. The zero-order valence-corrected chi connectivity index (χ0v) is 8.63. The van der Waals surface area contributed by atoms with Crippen molar-refractivity contribution in [3.8, 4) is 0 Å². The smallest absolute Gasteiger partial charge is 0.0445 e. The van der Waals surface area contributed by atoms with Crippen molar-refractivity contribution in [1.29, 1.82) is 0 Å². The van der Waals surface area contributed by atoms with Gasteiger partial charge in [0, 0.05) is 25.7 Å². The van der Waals surface area contributed by atoms with Gasteiger partial charge in [0.1, 0.15) is 0 Å². The van der Waals surface area contributed by atoms with Gasteiger partial charge in [0.05, 0.1) is 0 Å². The minimum Gasteiger partial charge on any atom is -0.396 e. The van der Waals surface area contributed by atoms with E-state index in [4.69, 9.17) is 5.11 Å². The average molecular weight is 183 g/mol. The zero-order valence-electron chi connectivity index (χ0n) is 8.63. The summed E-state index contributed by atoms with van der Waals surface area (Å²) < 4.78 is 0. The Morgan fingerprint density at radius 2 is 1.92 bits per heavy atom. The highest BCUT2D eigenvalue weighted by molar-refractivity contribution is 4.99. The Morgan fingerprint density at radius 1 is 1.31 bits per heavy atom. The molecule has 0 aromatic heterocycles. The third kappa shape index (κ3) is 1.75. The third-order valence-electron chi connectivity index (χ3n) is 3.91. The molecule has 0 amide bonds. The van der Waals surface area contributed by atoms with E-state index in [2.05, 4.69) is 11.8 Å². The van der Waals surface area contributed by atoms with Gasteiger partial charge >= 0.3 is 0 Å². The lowest BCUT2D eigenvalue weighted by molar-refractivity contribution is -0.0274. The summed E-state index contributed by atoms with van der Waals surface area (Å²) in [5.74, 6) is 0. The summed E-state index contributed by atoms with van der Waals surface area (Å²) >= 11 is 0. The van der Waals surface area contributed by atoms with Gasteiger partial charge in [0.25, 0.3) is 0 Å². The first-order valence-electron chi connectivity index (χ1n) is 5.61. The first kappa shape index (κ1) is 9.47. The highest BCUT2D eigenvalue weighted by Crippen LogP contribution is 2.46. The second-order valence-corrected chi connectivity index (χ2v) is 4.97. The molecule has 0 aromatic carbocycles. The van der Waals surface area contributed by atoms with Crippen molar-refractivity contribution < 1.29 is 5.11 Å². The Hall–Kier alpha value is -0.0800. The fourth-order valence-electron chi connectivity index (χ4n) is 2.94. The summed E-state index contributed by atoms with van der Waals surface area (Å²) in [5, 5.41) is 8.84. The van der Waals surface area contributed by atoms with Gasteiger partial charge in [-0.3, -0.25) is 4.90 Å². The van der Waals surface area contributed by atoms with Gasteiger partial charge in [-0.1, -0.05) is 12.8 Å². The minimum atomic E-state index is 0.338. The van der Waals surface area contributed by atoms with Crippen LogP contribution in [0.15, 0.2) is 0 Å². The molecule has 0 bridgehead atoms. The van der Waals surface area contributed by atoms with Crippen molar-refractivity contribution in [3.05, 3.63) is 0 Å². The lowest BCUT2D eigenvalue weighted by atomic mass is 9.77. The molecule has 2 aliphatic rings. The van der Waals surface area contributed by atoms with Gasteiger partial charge in [-0.15, -0.1) is 0 Å².